The van der Waals surface area contributed by atoms with Crippen LogP contribution < -0.4 is 5.73 Å². The summed E-state index contributed by atoms with van der Waals surface area (Å²) in [5.41, 5.74) is 4.62. The number of urea groups is 1. The van der Waals surface area contributed by atoms with Crippen LogP contribution in [0.3, 0.4) is 0 Å². The average Bonchev–Trinajstić information content (AvgIpc) is 1.79. The molecule has 13 heavy (non-hydrogen) atoms. The third kappa shape index (κ3) is 2.59. The van der Waals surface area contributed by atoms with E-state index in [-0.39, 0.29) is 17.2 Å². The van der Waals surface area contributed by atoms with Crippen molar-refractivity contribution in [3.63, 3.8) is 0 Å². The summed E-state index contributed by atoms with van der Waals surface area (Å²) in [7, 11) is 0. The molecule has 0 spiro atoms. The van der Waals surface area contributed by atoms with Crippen molar-refractivity contribution in [2.45, 2.75) is 38.9 Å². The minimum Gasteiger partial charge on any atom is -0.366 e. The van der Waals surface area contributed by atoms with Gasteiger partial charge in [0, 0.05) is 0 Å². The molecule has 1 aliphatic heterocycles. The van der Waals surface area contributed by atoms with Gasteiger partial charge in [-0.15, -0.1) is 0 Å². The van der Waals surface area contributed by atoms with Crippen molar-refractivity contribution < 1.29 is 9.53 Å². The van der Waals surface area contributed by atoms with Crippen molar-refractivity contribution in [3.05, 3.63) is 0 Å². The predicted molar refractivity (Wildman–Crippen MR) is 50.4 cm³/mol. The van der Waals surface area contributed by atoms with E-state index in [1.165, 1.54) is 0 Å². The minimum atomic E-state index is -0.371. The molecule has 0 aliphatic carbocycles. The van der Waals surface area contributed by atoms with Gasteiger partial charge < -0.3 is 15.4 Å². The number of nitrogens with zero attached hydrogens (tertiary/aromatic N) is 1. The summed E-state index contributed by atoms with van der Waals surface area (Å²) in [5, 5.41) is 0. The van der Waals surface area contributed by atoms with Gasteiger partial charge >= 0.3 is 6.03 Å². The van der Waals surface area contributed by atoms with Crippen LogP contribution in [0.5, 0.6) is 0 Å². The molecule has 4 heteroatoms. The molecule has 4 nitrogen and oxygen atoms in total. The van der Waals surface area contributed by atoms with Crippen LogP contribution in [0, 0.1) is 0 Å². The summed E-state index contributed by atoms with van der Waals surface area (Å²) in [5.74, 6) is 0. The van der Waals surface area contributed by atoms with Gasteiger partial charge in [0.25, 0.3) is 0 Å². The first-order chi connectivity index (χ1) is 5.72. The first kappa shape index (κ1) is 10.3. The van der Waals surface area contributed by atoms with Crippen LogP contribution in [-0.4, -0.2) is 35.2 Å². The molecule has 1 fully saturated rings. The predicted octanol–water partition coefficient (Wildman–Crippen LogP) is 0.955. The lowest BCUT2D eigenvalue weighted by atomic mass is 9.99. The molecule has 1 rings (SSSR count). The molecule has 0 unspecified atom stereocenters. The Kier molecular flexibility index (Phi) is 2.28. The smallest absolute Gasteiger partial charge is 0.314 e. The third-order valence-corrected chi connectivity index (χ3v) is 2.01. The zero-order valence-electron chi connectivity index (χ0n) is 8.76. The van der Waals surface area contributed by atoms with Gasteiger partial charge in [-0.3, -0.25) is 0 Å². The highest BCUT2D eigenvalue weighted by Crippen LogP contribution is 2.27. The summed E-state index contributed by atoms with van der Waals surface area (Å²) in [6, 6.07) is -0.371. The molecule has 1 heterocycles. The van der Waals surface area contributed by atoms with Gasteiger partial charge in [-0.2, -0.15) is 0 Å². The zero-order chi connectivity index (χ0) is 10.3. The lowest BCUT2D eigenvalue weighted by Crippen LogP contribution is -2.59. The fraction of sp³-hybridized carbons (Fsp3) is 0.889. The number of primary amides is 1. The number of morpholine rings is 1. The standard InChI is InChI=1S/C9H18N2O2/c1-8(2)5-11(7(10)12)6-9(3,4)13-8/h5-6H2,1-4H3,(H2,10,12). The number of rotatable bonds is 0. The monoisotopic (exact) mass is 186 g/mol. The fourth-order valence-electron chi connectivity index (χ4n) is 1.94. The lowest BCUT2D eigenvalue weighted by molar-refractivity contribution is -0.169. The molecule has 2 amide bonds. The Balaban J connectivity index is 2.78. The van der Waals surface area contributed by atoms with Crippen molar-refractivity contribution in [3.8, 4) is 0 Å². The first-order valence-corrected chi connectivity index (χ1v) is 4.46. The third-order valence-electron chi connectivity index (χ3n) is 2.01. The Morgan fingerprint density at radius 2 is 1.62 bits per heavy atom. The Bertz CT molecular complexity index is 208. The van der Waals surface area contributed by atoms with Crippen LogP contribution in [0.25, 0.3) is 0 Å². The summed E-state index contributed by atoms with van der Waals surface area (Å²) in [4.78, 5) is 12.7. The normalized spacial score (nSPS) is 25.7. The Morgan fingerprint density at radius 1 is 1.23 bits per heavy atom. The maximum absolute atomic E-state index is 11.0. The van der Waals surface area contributed by atoms with E-state index >= 15 is 0 Å². The molecule has 0 atom stereocenters. The average molecular weight is 186 g/mol. The largest absolute Gasteiger partial charge is 0.366 e. The Labute approximate surface area is 79.0 Å². The van der Waals surface area contributed by atoms with Crippen LogP contribution in [0.4, 0.5) is 4.79 Å². The second-order valence-corrected chi connectivity index (χ2v) is 4.82. The number of carbonyl (C=O) groups is 1. The summed E-state index contributed by atoms with van der Waals surface area (Å²) in [6.45, 7) is 8.97. The fourth-order valence-corrected chi connectivity index (χ4v) is 1.94. The van der Waals surface area contributed by atoms with Gasteiger partial charge in [0.1, 0.15) is 0 Å². The number of hydrogen-bond acceptors (Lipinski definition) is 2. The first-order valence-electron chi connectivity index (χ1n) is 4.46. The highest BCUT2D eigenvalue weighted by Gasteiger charge is 2.39. The maximum atomic E-state index is 11.0. The van der Waals surface area contributed by atoms with E-state index in [9.17, 15) is 4.79 Å². The molecule has 76 valence electrons. The molecule has 0 aromatic rings. The number of ether oxygens (including phenoxy) is 1. The Morgan fingerprint density at radius 3 is 1.92 bits per heavy atom. The second-order valence-electron chi connectivity index (χ2n) is 4.82. The second kappa shape index (κ2) is 2.87. The number of nitrogens with two attached hydrogens (primary N) is 1. The van der Waals surface area contributed by atoms with Crippen LogP contribution in [0.1, 0.15) is 27.7 Å². The molecular weight excluding hydrogens is 168 g/mol. The van der Waals surface area contributed by atoms with E-state index in [0.717, 1.165) is 0 Å². The highest BCUT2D eigenvalue weighted by molar-refractivity contribution is 5.72. The van der Waals surface area contributed by atoms with Crippen LogP contribution in [-0.2, 0) is 4.74 Å². The SMILES string of the molecule is CC1(C)CN(C(N)=O)CC(C)(C)O1. The zero-order valence-corrected chi connectivity index (χ0v) is 8.76. The van der Waals surface area contributed by atoms with Crippen molar-refractivity contribution >= 4 is 6.03 Å². The Hall–Kier alpha value is -0.770. The highest BCUT2D eigenvalue weighted by atomic mass is 16.5. The van der Waals surface area contributed by atoms with Gasteiger partial charge in [0.2, 0.25) is 0 Å². The van der Waals surface area contributed by atoms with Gasteiger partial charge in [-0.25, -0.2) is 4.79 Å². The maximum Gasteiger partial charge on any atom is 0.314 e. The van der Waals surface area contributed by atoms with Crippen LogP contribution in [0.15, 0.2) is 0 Å². The molecule has 2 N–H and O–H groups in total. The van der Waals surface area contributed by atoms with E-state index in [2.05, 4.69) is 0 Å². The molecular formula is C9H18N2O2. The van der Waals surface area contributed by atoms with Crippen molar-refractivity contribution in [1.29, 1.82) is 0 Å². The molecule has 1 aliphatic rings. The van der Waals surface area contributed by atoms with Crippen molar-refractivity contribution in [2.24, 2.45) is 5.73 Å². The van der Waals surface area contributed by atoms with E-state index in [1.54, 1.807) is 4.90 Å². The molecule has 0 radical (unpaired) electrons. The van der Waals surface area contributed by atoms with Crippen molar-refractivity contribution in [2.75, 3.05) is 13.1 Å². The van der Waals surface area contributed by atoms with Gasteiger partial charge in [0.15, 0.2) is 0 Å². The van der Waals surface area contributed by atoms with E-state index < -0.39 is 0 Å². The lowest BCUT2D eigenvalue weighted by Gasteiger charge is -2.46. The number of hydrogen-bond donors (Lipinski definition) is 1. The minimum absolute atomic E-state index is 0.309. The molecule has 1 saturated heterocycles. The van der Waals surface area contributed by atoms with E-state index in [4.69, 9.17) is 10.5 Å². The summed E-state index contributed by atoms with van der Waals surface area (Å²) >= 11 is 0. The van der Waals surface area contributed by atoms with Gasteiger partial charge in [-0.1, -0.05) is 0 Å². The molecule has 0 aromatic heterocycles. The molecule has 0 bridgehead atoms. The van der Waals surface area contributed by atoms with Crippen LogP contribution >= 0.6 is 0 Å². The van der Waals surface area contributed by atoms with E-state index in [0.29, 0.717) is 13.1 Å². The van der Waals surface area contributed by atoms with E-state index in [1.807, 2.05) is 27.7 Å². The summed E-state index contributed by atoms with van der Waals surface area (Å²) < 4.78 is 5.79. The molecule has 0 aromatic carbocycles. The topological polar surface area (TPSA) is 55.6 Å². The number of carbonyl (C=O) groups excluding carboxylic acids is 1. The molecule has 0 saturated carbocycles. The van der Waals surface area contributed by atoms with Gasteiger partial charge in [0.05, 0.1) is 24.3 Å². The van der Waals surface area contributed by atoms with Crippen molar-refractivity contribution in [1.82, 2.24) is 4.90 Å². The quantitative estimate of drug-likeness (QED) is 0.612. The van der Waals surface area contributed by atoms with Gasteiger partial charge in [-0.05, 0) is 27.7 Å². The van der Waals surface area contributed by atoms with Crippen LogP contribution in [0.2, 0.25) is 0 Å². The number of amides is 2. The summed E-state index contributed by atoms with van der Waals surface area (Å²) in [6.07, 6.45) is 0.